The van der Waals surface area contributed by atoms with Gasteiger partial charge < -0.3 is 9.47 Å². The lowest BCUT2D eigenvalue weighted by molar-refractivity contribution is -0.436. The summed E-state index contributed by atoms with van der Waals surface area (Å²) in [5.74, 6) is 4.02. The molecule has 0 bridgehead atoms. The molecule has 1 saturated heterocycles. The molecule has 0 radical (unpaired) electrons. The van der Waals surface area contributed by atoms with Crippen molar-refractivity contribution in [2.24, 2.45) is 46.3 Å². The maximum Gasteiger partial charge on any atom is 0.306 e. The molecule has 0 aromatic rings. The van der Waals surface area contributed by atoms with E-state index in [9.17, 15) is 9.59 Å². The Morgan fingerprint density at radius 3 is 2.02 bits per heavy atom. The van der Waals surface area contributed by atoms with Crippen molar-refractivity contribution in [2.75, 3.05) is 0 Å². The number of ether oxygens (including phenoxy) is 2. The highest BCUT2D eigenvalue weighted by atomic mass is 17.2. The Bertz CT molecular complexity index is 2040. The monoisotopic (exact) mass is 1110 g/mol. The third-order valence-electron chi connectivity index (χ3n) is 22.2. The van der Waals surface area contributed by atoms with Crippen LogP contribution in [0.4, 0.5) is 0 Å². The summed E-state index contributed by atoms with van der Waals surface area (Å²) < 4.78 is 13.4. The fourth-order valence-electron chi connectivity index (χ4n) is 16.9. The number of rotatable bonds is 38. The minimum absolute atomic E-state index is 0.0142. The lowest BCUT2D eigenvalue weighted by atomic mass is 9.47. The lowest BCUT2D eigenvalue weighted by Crippen LogP contribution is -2.54. The van der Waals surface area contributed by atoms with Gasteiger partial charge in [0.05, 0.1) is 5.60 Å². The molecular formula is C74H124O6. The van der Waals surface area contributed by atoms with Crippen LogP contribution < -0.4 is 0 Å². The number of allylic oxidation sites excluding steroid dienone is 6. The Morgan fingerprint density at radius 2 is 1.34 bits per heavy atom. The molecule has 6 aliphatic rings. The predicted octanol–water partition coefficient (Wildman–Crippen LogP) is 22.1. The van der Waals surface area contributed by atoms with Gasteiger partial charge in [0.15, 0.2) is 5.78 Å². The van der Waals surface area contributed by atoms with E-state index >= 15 is 0 Å². The number of carbonyl (C=O) groups is 2. The first-order valence-electron chi connectivity index (χ1n) is 34.7. The van der Waals surface area contributed by atoms with E-state index in [-0.39, 0.29) is 35.0 Å². The first-order chi connectivity index (χ1) is 38.5. The maximum absolute atomic E-state index is 13.5. The summed E-state index contributed by atoms with van der Waals surface area (Å²) in [4.78, 5) is 39.7. The van der Waals surface area contributed by atoms with Gasteiger partial charge in [0.1, 0.15) is 12.2 Å². The summed E-state index contributed by atoms with van der Waals surface area (Å²) in [5, 5.41) is 0. The quantitative estimate of drug-likeness (QED) is 0.0153. The van der Waals surface area contributed by atoms with Crippen molar-refractivity contribution in [3.63, 3.8) is 0 Å². The predicted molar refractivity (Wildman–Crippen MR) is 336 cm³/mol. The summed E-state index contributed by atoms with van der Waals surface area (Å²) >= 11 is 0. The zero-order valence-corrected chi connectivity index (χ0v) is 54.0. The Labute approximate surface area is 493 Å². The van der Waals surface area contributed by atoms with E-state index < -0.39 is 5.79 Å². The van der Waals surface area contributed by atoms with Crippen molar-refractivity contribution in [2.45, 2.75) is 350 Å². The van der Waals surface area contributed by atoms with Crippen molar-refractivity contribution in [1.29, 1.82) is 0 Å². The number of carbonyl (C=O) groups excluding carboxylic acids is 2. The van der Waals surface area contributed by atoms with Gasteiger partial charge in [0.2, 0.25) is 5.79 Å². The Morgan fingerprint density at radius 1 is 0.688 bits per heavy atom. The zero-order valence-electron chi connectivity index (χ0n) is 54.0. The summed E-state index contributed by atoms with van der Waals surface area (Å²) in [5.41, 5.74) is 5.27. The van der Waals surface area contributed by atoms with Gasteiger partial charge in [-0.15, -0.1) is 0 Å². The van der Waals surface area contributed by atoms with Crippen LogP contribution in [-0.2, 0) is 28.8 Å². The number of hydrogen-bond acceptors (Lipinski definition) is 6. The summed E-state index contributed by atoms with van der Waals surface area (Å²) in [6, 6.07) is 0. The minimum atomic E-state index is -1.18. The van der Waals surface area contributed by atoms with Crippen molar-refractivity contribution >= 4 is 11.8 Å². The van der Waals surface area contributed by atoms with Gasteiger partial charge in [-0.1, -0.05) is 232 Å². The van der Waals surface area contributed by atoms with Gasteiger partial charge >= 0.3 is 5.97 Å². The molecule has 5 aliphatic carbocycles. The molecule has 456 valence electrons. The van der Waals surface area contributed by atoms with Crippen molar-refractivity contribution in [1.82, 2.24) is 0 Å². The molecule has 11 atom stereocenters. The van der Waals surface area contributed by atoms with Crippen LogP contribution in [-0.4, -0.2) is 35.3 Å². The van der Waals surface area contributed by atoms with Crippen LogP contribution in [0.2, 0.25) is 0 Å². The van der Waals surface area contributed by atoms with E-state index in [1.165, 1.54) is 148 Å². The molecule has 6 rings (SSSR count). The SMILES string of the molecule is CCCCCCCCCCCCCCCC[C@]1(C)CCC2=C(C)C(=O)C(C)=C(C)C2(OOC(/C=C/C=C\CCCCCCCC(=O)O[C@H]2CC[C@@]3(C)C(=CC[C@H]4[C@@H]5CC[C@H]([C@H](C)CCCC(C)C)[C@@]5(C)CC[C@@H]43)C2)CCCCC)O1. The summed E-state index contributed by atoms with van der Waals surface area (Å²) in [6.07, 6.45) is 58.1. The van der Waals surface area contributed by atoms with Gasteiger partial charge in [0, 0.05) is 29.6 Å². The molecular weight excluding hydrogens is 985 g/mol. The highest BCUT2D eigenvalue weighted by Gasteiger charge is 2.59. The van der Waals surface area contributed by atoms with Gasteiger partial charge in [0.25, 0.3) is 0 Å². The van der Waals surface area contributed by atoms with Crippen LogP contribution in [0, 0.1) is 46.3 Å². The molecule has 1 heterocycles. The second kappa shape index (κ2) is 33.4. The molecule has 1 aliphatic heterocycles. The van der Waals surface area contributed by atoms with Crippen LogP contribution in [0.3, 0.4) is 0 Å². The van der Waals surface area contributed by atoms with Gasteiger partial charge in [-0.2, -0.15) is 4.89 Å². The largest absolute Gasteiger partial charge is 0.462 e. The van der Waals surface area contributed by atoms with Crippen molar-refractivity contribution in [3.05, 3.63) is 58.2 Å². The average Bonchev–Trinajstić information content (AvgIpc) is 3.95. The fourth-order valence-corrected chi connectivity index (χ4v) is 16.9. The summed E-state index contributed by atoms with van der Waals surface area (Å²) in [7, 11) is 0. The first-order valence-corrected chi connectivity index (χ1v) is 34.7. The number of hydrogen-bond donors (Lipinski definition) is 0. The number of fused-ring (bicyclic) bond motifs is 6. The molecule has 0 aromatic heterocycles. The lowest BCUT2D eigenvalue weighted by Gasteiger charge is -2.58. The van der Waals surface area contributed by atoms with Crippen LogP contribution in [0.15, 0.2) is 58.2 Å². The maximum atomic E-state index is 13.5. The van der Waals surface area contributed by atoms with Crippen molar-refractivity contribution < 1.29 is 28.8 Å². The van der Waals surface area contributed by atoms with Crippen LogP contribution in [0.25, 0.3) is 0 Å². The van der Waals surface area contributed by atoms with E-state index in [2.05, 4.69) is 85.8 Å². The first kappa shape index (κ1) is 66.9. The molecule has 80 heavy (non-hydrogen) atoms. The third kappa shape index (κ3) is 18.4. The third-order valence-corrected chi connectivity index (χ3v) is 22.2. The normalized spacial score (nSPS) is 30.5. The molecule has 6 heteroatoms. The van der Waals surface area contributed by atoms with Crippen LogP contribution in [0.5, 0.6) is 0 Å². The molecule has 0 N–H and O–H groups in total. The second-order valence-electron chi connectivity index (χ2n) is 28.7. The number of ketones is 1. The smallest absolute Gasteiger partial charge is 0.306 e. The Kier molecular flexibility index (Phi) is 27.9. The fraction of sp³-hybridized carbons (Fsp3) is 0.838. The standard InChI is InChI=1S/C74H124O6/c1-12-14-16-17-18-19-20-21-22-23-27-30-33-37-51-71(9)52-49-66-59(7)70(76)58(6)60(8)74(66,79-71)80-78-62(41-34-15-13-2)42-35-31-28-25-24-26-29-32-36-43-69(75)77-63-48-53-72(10)61(55-63)44-45-64-67-47-46-65(57(5)40-38-39-56(3)4)73(67,11)54-50-68(64)72/h28,31,35,42,44,56-57,62-65,67-68H,12-27,29-30,32-34,36-41,43,45-55H2,1-11H3/b31-28-,42-35+/t57-,62?,63+,64+,65-,67+,68+,71-,72+,73-,74?/m1/s1. The van der Waals surface area contributed by atoms with Gasteiger partial charge in [-0.05, 0) is 169 Å². The average molecular weight is 1110 g/mol. The minimum Gasteiger partial charge on any atom is -0.462 e. The van der Waals surface area contributed by atoms with Gasteiger partial charge in [-0.25, -0.2) is 4.89 Å². The number of Topliss-reactive ketones (excluding diaryl/α,β-unsaturated/α-hetero) is 1. The van der Waals surface area contributed by atoms with Crippen molar-refractivity contribution in [3.8, 4) is 0 Å². The topological polar surface area (TPSA) is 71.1 Å². The van der Waals surface area contributed by atoms with Gasteiger partial charge in [-0.3, -0.25) is 9.59 Å². The van der Waals surface area contributed by atoms with E-state index in [4.69, 9.17) is 19.2 Å². The number of unbranched alkanes of at least 4 members (excludes halogenated alkanes) is 20. The highest BCUT2D eigenvalue weighted by molar-refractivity contribution is 6.10. The number of esters is 1. The van der Waals surface area contributed by atoms with E-state index in [0.717, 1.165) is 149 Å². The zero-order chi connectivity index (χ0) is 57.6. The molecule has 2 unspecified atom stereocenters. The Balaban J connectivity index is 0.876. The van der Waals surface area contributed by atoms with E-state index in [0.29, 0.717) is 17.4 Å². The molecule has 0 aromatic carbocycles. The second-order valence-corrected chi connectivity index (χ2v) is 28.7. The molecule has 0 spiro atoms. The highest BCUT2D eigenvalue weighted by Crippen LogP contribution is 2.67. The van der Waals surface area contributed by atoms with Crippen LogP contribution >= 0.6 is 0 Å². The molecule has 0 amide bonds. The van der Waals surface area contributed by atoms with Crippen LogP contribution in [0.1, 0.15) is 327 Å². The molecule has 6 nitrogen and oxygen atoms in total. The van der Waals surface area contributed by atoms with E-state index in [1.54, 1.807) is 5.57 Å². The Hall–Kier alpha value is -2.28. The van der Waals surface area contributed by atoms with E-state index in [1.807, 2.05) is 20.8 Å². The summed E-state index contributed by atoms with van der Waals surface area (Å²) in [6.45, 7) is 25.3. The molecule has 4 fully saturated rings. The molecule has 3 saturated carbocycles.